The second-order valence-electron chi connectivity index (χ2n) is 6.62. The molecule has 0 aromatic heterocycles. The van der Waals surface area contributed by atoms with Crippen LogP contribution < -0.4 is 10.2 Å². The van der Waals surface area contributed by atoms with Crippen LogP contribution in [0.3, 0.4) is 0 Å². The van der Waals surface area contributed by atoms with Gasteiger partial charge in [0.1, 0.15) is 12.4 Å². The van der Waals surface area contributed by atoms with Gasteiger partial charge in [-0.05, 0) is 35.4 Å². The highest BCUT2D eigenvalue weighted by atomic mass is 79.9. The first-order valence-electron chi connectivity index (χ1n) is 9.25. The Bertz CT molecular complexity index is 1070. The van der Waals surface area contributed by atoms with Gasteiger partial charge in [-0.15, -0.1) is 0 Å². The highest BCUT2D eigenvalue weighted by Crippen LogP contribution is 2.29. The van der Waals surface area contributed by atoms with Crippen molar-refractivity contribution in [3.8, 4) is 5.75 Å². The summed E-state index contributed by atoms with van der Waals surface area (Å²) >= 11 is 3.38. The van der Waals surface area contributed by atoms with Gasteiger partial charge < -0.3 is 4.74 Å². The Labute approximate surface area is 185 Å². The summed E-state index contributed by atoms with van der Waals surface area (Å²) in [6.45, 7) is 0.366. The molecule has 0 heterocycles. The number of ether oxygens (including phenoxy) is 1. The third-order valence-corrected chi connectivity index (χ3v) is 4.71. The predicted molar refractivity (Wildman–Crippen MR) is 116 cm³/mol. The molecule has 8 heteroatoms. The lowest BCUT2D eigenvalue weighted by Crippen LogP contribution is -2.20. The van der Waals surface area contributed by atoms with Crippen molar-refractivity contribution in [1.82, 2.24) is 5.43 Å². The molecule has 0 aliphatic rings. The molecule has 0 radical (unpaired) electrons. The first-order chi connectivity index (χ1) is 14.8. The van der Waals surface area contributed by atoms with Crippen LogP contribution in [0.1, 0.15) is 22.3 Å². The lowest BCUT2D eigenvalue weighted by molar-refractivity contribution is -0.137. The van der Waals surface area contributed by atoms with Crippen molar-refractivity contribution < 1.29 is 22.7 Å². The maximum atomic E-state index is 12.8. The summed E-state index contributed by atoms with van der Waals surface area (Å²) in [6.07, 6.45) is -3.26. The normalized spacial score (nSPS) is 11.5. The van der Waals surface area contributed by atoms with Crippen LogP contribution in [0, 0.1) is 0 Å². The third-order valence-electron chi connectivity index (χ3n) is 4.22. The number of halogens is 4. The molecule has 1 amide bonds. The quantitative estimate of drug-likeness (QED) is 0.339. The van der Waals surface area contributed by atoms with Crippen LogP contribution >= 0.6 is 15.9 Å². The van der Waals surface area contributed by atoms with Gasteiger partial charge in [0.15, 0.2) is 0 Å². The third kappa shape index (κ3) is 6.96. The largest absolute Gasteiger partial charge is 0.488 e. The average molecular weight is 491 g/mol. The maximum Gasteiger partial charge on any atom is 0.416 e. The van der Waals surface area contributed by atoms with Crippen molar-refractivity contribution in [3.05, 3.63) is 99.5 Å². The van der Waals surface area contributed by atoms with Crippen LogP contribution in [0.5, 0.6) is 5.75 Å². The standard InChI is InChI=1S/C23H18BrF3N2O2/c24-20-9-10-21(31-15-16-5-2-1-3-6-16)18(13-20)14-28-29-22(30)12-17-7-4-8-19(11-17)23(25,26)27/h1-11,13-14H,12,15H2,(H,29,30)/b28-14-. The van der Waals surface area contributed by atoms with E-state index in [1.54, 1.807) is 12.1 Å². The number of carbonyl (C=O) groups excluding carboxylic acids is 1. The van der Waals surface area contributed by atoms with E-state index >= 15 is 0 Å². The lowest BCUT2D eigenvalue weighted by atomic mass is 10.1. The number of benzene rings is 3. The molecule has 1 N–H and O–H groups in total. The van der Waals surface area contributed by atoms with Gasteiger partial charge in [0.05, 0.1) is 18.2 Å². The van der Waals surface area contributed by atoms with E-state index in [4.69, 9.17) is 4.74 Å². The van der Waals surface area contributed by atoms with Crippen LogP contribution in [0.4, 0.5) is 13.2 Å². The monoisotopic (exact) mass is 490 g/mol. The number of nitrogens with one attached hydrogen (secondary N) is 1. The highest BCUT2D eigenvalue weighted by molar-refractivity contribution is 9.10. The highest BCUT2D eigenvalue weighted by Gasteiger charge is 2.30. The van der Waals surface area contributed by atoms with Crippen molar-refractivity contribution >= 4 is 28.1 Å². The molecule has 0 aliphatic heterocycles. The second kappa shape index (κ2) is 10.3. The van der Waals surface area contributed by atoms with Crippen LogP contribution in [0.25, 0.3) is 0 Å². The van der Waals surface area contributed by atoms with Crippen LogP contribution in [0.15, 0.2) is 82.4 Å². The molecule has 3 aromatic carbocycles. The number of hydrogen-bond acceptors (Lipinski definition) is 3. The van der Waals surface area contributed by atoms with Gasteiger partial charge in [0.2, 0.25) is 5.91 Å². The van der Waals surface area contributed by atoms with Crippen LogP contribution in [-0.2, 0) is 24.0 Å². The first kappa shape index (κ1) is 22.6. The number of carbonyl (C=O) groups is 1. The van der Waals surface area contributed by atoms with Gasteiger partial charge in [0, 0.05) is 10.0 Å². The van der Waals surface area contributed by atoms with Crippen molar-refractivity contribution in [1.29, 1.82) is 0 Å². The molecule has 0 bridgehead atoms. The minimum Gasteiger partial charge on any atom is -0.488 e. The summed E-state index contributed by atoms with van der Waals surface area (Å²) in [5, 5.41) is 3.92. The molecule has 0 spiro atoms. The van der Waals surface area contributed by atoms with E-state index in [2.05, 4.69) is 26.5 Å². The molecule has 0 saturated carbocycles. The number of hydrogen-bond donors (Lipinski definition) is 1. The van der Waals surface area contributed by atoms with E-state index in [0.717, 1.165) is 22.2 Å². The van der Waals surface area contributed by atoms with Crippen LogP contribution in [0.2, 0.25) is 0 Å². The first-order valence-corrected chi connectivity index (χ1v) is 10.0. The van der Waals surface area contributed by atoms with Gasteiger partial charge in [-0.3, -0.25) is 4.79 Å². The number of nitrogens with zero attached hydrogens (tertiary/aromatic N) is 1. The fraction of sp³-hybridized carbons (Fsp3) is 0.130. The number of amides is 1. The van der Waals surface area contributed by atoms with E-state index in [-0.39, 0.29) is 12.0 Å². The average Bonchev–Trinajstić information content (AvgIpc) is 2.73. The Kier molecular flexibility index (Phi) is 7.46. The van der Waals surface area contributed by atoms with Gasteiger partial charge in [-0.25, -0.2) is 5.43 Å². The van der Waals surface area contributed by atoms with Crippen molar-refractivity contribution in [3.63, 3.8) is 0 Å². The molecule has 0 aliphatic carbocycles. The van der Waals surface area contributed by atoms with E-state index < -0.39 is 17.6 Å². The van der Waals surface area contributed by atoms with E-state index in [0.29, 0.717) is 17.9 Å². The van der Waals surface area contributed by atoms with E-state index in [1.165, 1.54) is 18.3 Å². The van der Waals surface area contributed by atoms with Crippen molar-refractivity contribution in [2.75, 3.05) is 0 Å². The smallest absolute Gasteiger partial charge is 0.416 e. The maximum absolute atomic E-state index is 12.8. The zero-order valence-corrected chi connectivity index (χ0v) is 17.8. The van der Waals surface area contributed by atoms with Gasteiger partial charge in [0.25, 0.3) is 0 Å². The SMILES string of the molecule is O=C(Cc1cccc(C(F)(F)F)c1)N/N=C\c1cc(Br)ccc1OCc1ccccc1. The molecule has 3 aromatic rings. The number of rotatable bonds is 7. The van der Waals surface area contributed by atoms with Gasteiger partial charge in [-0.2, -0.15) is 18.3 Å². The van der Waals surface area contributed by atoms with Crippen molar-refractivity contribution in [2.24, 2.45) is 5.10 Å². The Morgan fingerprint density at radius 2 is 1.74 bits per heavy atom. The topological polar surface area (TPSA) is 50.7 Å². The van der Waals surface area contributed by atoms with Crippen molar-refractivity contribution in [2.45, 2.75) is 19.2 Å². The summed E-state index contributed by atoms with van der Waals surface area (Å²) < 4.78 is 45.0. The second-order valence-corrected chi connectivity index (χ2v) is 7.54. The molecule has 0 unspecified atom stereocenters. The Morgan fingerprint density at radius 3 is 2.48 bits per heavy atom. The Morgan fingerprint density at radius 1 is 1.00 bits per heavy atom. The molecular weight excluding hydrogens is 473 g/mol. The molecule has 4 nitrogen and oxygen atoms in total. The molecule has 0 fully saturated rings. The number of hydrazone groups is 1. The zero-order valence-electron chi connectivity index (χ0n) is 16.2. The fourth-order valence-electron chi connectivity index (χ4n) is 2.74. The molecule has 160 valence electrons. The molecule has 3 rings (SSSR count). The molecule has 31 heavy (non-hydrogen) atoms. The van der Waals surface area contributed by atoms with Gasteiger partial charge in [-0.1, -0.05) is 64.5 Å². The molecule has 0 atom stereocenters. The molecule has 0 saturated heterocycles. The Balaban J connectivity index is 1.62. The number of alkyl halides is 3. The fourth-order valence-corrected chi connectivity index (χ4v) is 3.12. The minimum atomic E-state index is -4.46. The van der Waals surface area contributed by atoms with E-state index in [9.17, 15) is 18.0 Å². The van der Waals surface area contributed by atoms with Gasteiger partial charge >= 0.3 is 6.18 Å². The summed E-state index contributed by atoms with van der Waals surface area (Å²) in [4.78, 5) is 12.1. The summed E-state index contributed by atoms with van der Waals surface area (Å²) in [6, 6.07) is 19.7. The Hall–Kier alpha value is -3.13. The predicted octanol–water partition coefficient (Wildman–Crippen LogP) is 5.74. The van der Waals surface area contributed by atoms with E-state index in [1.807, 2.05) is 36.4 Å². The minimum absolute atomic E-state index is 0.225. The summed E-state index contributed by atoms with van der Waals surface area (Å²) in [7, 11) is 0. The summed E-state index contributed by atoms with van der Waals surface area (Å²) in [5.74, 6) is 0.0419. The van der Waals surface area contributed by atoms with Crippen LogP contribution in [-0.4, -0.2) is 12.1 Å². The lowest BCUT2D eigenvalue weighted by Gasteiger charge is -2.10. The zero-order chi connectivity index (χ0) is 22.3. The molecular formula is C23H18BrF3N2O2. The summed E-state index contributed by atoms with van der Waals surface area (Å²) in [5.41, 5.74) is 3.42.